The first-order valence-electron chi connectivity index (χ1n) is 10.3. The fourth-order valence-electron chi connectivity index (χ4n) is 3.13. The number of ether oxygens (including phenoxy) is 2. The highest BCUT2D eigenvalue weighted by molar-refractivity contribution is 5.94. The minimum absolute atomic E-state index is 0.00810. The molecule has 0 saturated heterocycles. The van der Waals surface area contributed by atoms with Crippen LogP contribution in [-0.2, 0) is 18.0 Å². The first-order chi connectivity index (χ1) is 18.5. The van der Waals surface area contributed by atoms with Crippen molar-refractivity contribution >= 4 is 5.91 Å². The van der Waals surface area contributed by atoms with E-state index in [4.69, 9.17) is 5.73 Å². The second-order valence-corrected chi connectivity index (χ2v) is 7.93. The van der Waals surface area contributed by atoms with E-state index in [0.717, 1.165) is 12.4 Å². The molecule has 21 heteroatoms. The molecule has 0 bridgehead atoms. The van der Waals surface area contributed by atoms with Crippen LogP contribution in [0.5, 0.6) is 5.88 Å². The van der Waals surface area contributed by atoms with Crippen molar-refractivity contribution in [3.63, 3.8) is 0 Å². The van der Waals surface area contributed by atoms with Gasteiger partial charge in [0.15, 0.2) is 11.4 Å². The third kappa shape index (κ3) is 6.03. The second-order valence-electron chi connectivity index (χ2n) is 7.93. The molecule has 0 radical (unpaired) electrons. The van der Waals surface area contributed by atoms with Crippen molar-refractivity contribution in [3.8, 4) is 22.8 Å². The number of alkyl halides is 13. The Morgan fingerprint density at radius 3 is 2.12 bits per heavy atom. The second kappa shape index (κ2) is 10.1. The van der Waals surface area contributed by atoms with E-state index in [2.05, 4.69) is 19.7 Å². The van der Waals surface area contributed by atoms with Crippen LogP contribution < -0.4 is 10.5 Å². The summed E-state index contributed by atoms with van der Waals surface area (Å²) in [5.74, 6) is -11.5. The molecule has 1 unspecified atom stereocenters. The van der Waals surface area contributed by atoms with Gasteiger partial charge in [-0.3, -0.25) is 9.53 Å². The molecule has 2 heterocycles. The van der Waals surface area contributed by atoms with Crippen molar-refractivity contribution in [2.75, 3.05) is 0 Å². The normalized spacial score (nSPS) is 14.3. The van der Waals surface area contributed by atoms with Gasteiger partial charge in [-0.15, -0.1) is 5.10 Å². The summed E-state index contributed by atoms with van der Waals surface area (Å²) in [5.41, 5.74) is 3.16. The summed E-state index contributed by atoms with van der Waals surface area (Å²) in [5, 5.41) is 6.58. The Labute approximate surface area is 218 Å². The molecule has 8 nitrogen and oxygen atoms in total. The van der Waals surface area contributed by atoms with E-state index in [1.807, 2.05) is 0 Å². The van der Waals surface area contributed by atoms with E-state index in [-0.39, 0.29) is 21.4 Å². The fraction of sp³-hybridized carbons (Fsp3) is 0.350. The van der Waals surface area contributed by atoms with Gasteiger partial charge < -0.3 is 10.5 Å². The Balaban J connectivity index is 2.00. The van der Waals surface area contributed by atoms with E-state index < -0.39 is 60.0 Å². The van der Waals surface area contributed by atoms with Gasteiger partial charge in [0.2, 0.25) is 5.91 Å². The topological polar surface area (TPSA) is 97.2 Å². The Kier molecular flexibility index (Phi) is 7.76. The highest BCUT2D eigenvalue weighted by Crippen LogP contribution is 2.49. The van der Waals surface area contributed by atoms with Crippen molar-refractivity contribution in [2.45, 2.75) is 36.9 Å². The Bertz CT molecular complexity index is 1430. The minimum Gasteiger partial charge on any atom is -0.408 e. The Morgan fingerprint density at radius 2 is 1.59 bits per heavy atom. The summed E-state index contributed by atoms with van der Waals surface area (Å²) < 4.78 is 179. The molecular weight excluding hydrogens is 605 g/mol. The van der Waals surface area contributed by atoms with Crippen LogP contribution in [0, 0.1) is 0 Å². The van der Waals surface area contributed by atoms with Crippen molar-refractivity contribution in [1.29, 1.82) is 0 Å². The number of nitrogens with zero attached hydrogens (tertiary/aromatic N) is 4. The van der Waals surface area contributed by atoms with Gasteiger partial charge in [-0.05, 0) is 17.7 Å². The predicted octanol–water partition coefficient (Wildman–Crippen LogP) is 5.46. The number of rotatable bonds is 9. The summed E-state index contributed by atoms with van der Waals surface area (Å²) in [6.07, 6.45) is -29.1. The maximum atomic E-state index is 14.1. The lowest BCUT2D eigenvalue weighted by atomic mass is 10.1. The Hall–Kier alpha value is -4.04. The number of amides is 1. The van der Waals surface area contributed by atoms with Crippen LogP contribution in [0.1, 0.15) is 15.9 Å². The maximum absolute atomic E-state index is 14.1. The number of aromatic nitrogens is 4. The third-order valence-electron chi connectivity index (χ3n) is 5.02. The molecule has 3 rings (SSSR count). The van der Waals surface area contributed by atoms with Gasteiger partial charge in [0.1, 0.15) is 0 Å². The van der Waals surface area contributed by atoms with Crippen molar-refractivity contribution in [1.82, 2.24) is 19.6 Å². The molecular formula is C20H12F13N5O3. The van der Waals surface area contributed by atoms with Crippen LogP contribution in [0.25, 0.3) is 16.9 Å². The summed E-state index contributed by atoms with van der Waals surface area (Å²) in [6, 6.07) is 5.28. The number of carbonyl (C=O) groups excluding carboxylic acids is 1. The van der Waals surface area contributed by atoms with E-state index in [1.54, 1.807) is 0 Å². The monoisotopic (exact) mass is 617 g/mol. The molecule has 3 aromatic rings. The van der Waals surface area contributed by atoms with Gasteiger partial charge in [-0.25, -0.2) is 13.8 Å². The zero-order valence-electron chi connectivity index (χ0n) is 19.5. The van der Waals surface area contributed by atoms with Gasteiger partial charge in [0, 0.05) is 24.4 Å². The highest BCUT2D eigenvalue weighted by Gasteiger charge is 2.76. The van der Waals surface area contributed by atoms with E-state index in [0.29, 0.717) is 11.7 Å². The number of carbonyl (C=O) groups is 1. The molecule has 1 atom stereocenters. The number of hydrogen-bond donors (Lipinski definition) is 1. The van der Waals surface area contributed by atoms with Gasteiger partial charge in [0.25, 0.3) is 5.88 Å². The largest absolute Gasteiger partial charge is 0.462 e. The van der Waals surface area contributed by atoms with Crippen LogP contribution in [0.4, 0.5) is 57.1 Å². The maximum Gasteiger partial charge on any atom is 0.462 e. The molecule has 2 N–H and O–H groups in total. The molecule has 0 saturated carbocycles. The smallest absolute Gasteiger partial charge is 0.408 e. The number of benzene rings is 1. The summed E-state index contributed by atoms with van der Waals surface area (Å²) in [4.78, 5) is 11.4. The molecule has 1 amide bonds. The highest BCUT2D eigenvalue weighted by atomic mass is 19.4. The standard InChI is InChI=1S/C20H12F13N5O3/c1-37-14(38-7-10(6-35-38)8-3-2-4-9(5-8)12(34)39)11(16(22,23)24)13(36-37)40-17(25,26)15(21)41-20(32,33)18(27,28)19(29,30)31/h2-7,15H,1H3,(H2,34,39). The van der Waals surface area contributed by atoms with Gasteiger partial charge in [-0.1, -0.05) is 12.1 Å². The number of aryl methyl sites for hydroxylation is 1. The van der Waals surface area contributed by atoms with Crippen molar-refractivity contribution in [2.24, 2.45) is 12.8 Å². The molecule has 226 valence electrons. The molecule has 1 aromatic carbocycles. The zero-order valence-corrected chi connectivity index (χ0v) is 19.5. The number of primary amides is 1. The van der Waals surface area contributed by atoms with Crippen LogP contribution in [0.3, 0.4) is 0 Å². The lowest BCUT2D eigenvalue weighted by Gasteiger charge is -2.30. The average Bonchev–Trinajstić information content (AvgIpc) is 3.41. The minimum atomic E-state index is -7.19. The van der Waals surface area contributed by atoms with E-state index in [1.165, 1.54) is 24.3 Å². The molecule has 0 spiro atoms. The van der Waals surface area contributed by atoms with Gasteiger partial charge in [-0.2, -0.15) is 57.8 Å². The number of nitrogens with two attached hydrogens (primary N) is 1. The van der Waals surface area contributed by atoms with Gasteiger partial charge in [0.05, 0.1) is 6.20 Å². The predicted molar refractivity (Wildman–Crippen MR) is 107 cm³/mol. The average molecular weight is 617 g/mol. The SMILES string of the molecule is Cn1nc(OC(F)(F)C(F)OC(F)(F)C(F)(F)C(F)(F)F)c(C(F)(F)F)c1-n1cc(-c2cccc(C(N)=O)c2)cn1. The first kappa shape index (κ1) is 31.5. The summed E-state index contributed by atoms with van der Waals surface area (Å²) in [7, 11) is 0.714. The van der Waals surface area contributed by atoms with Gasteiger partial charge >= 0.3 is 36.9 Å². The van der Waals surface area contributed by atoms with E-state index in [9.17, 15) is 61.9 Å². The number of hydrogen-bond acceptors (Lipinski definition) is 5. The quantitative estimate of drug-likeness (QED) is 0.322. The molecule has 41 heavy (non-hydrogen) atoms. The molecule has 0 aliphatic heterocycles. The lowest BCUT2D eigenvalue weighted by Crippen LogP contribution is -2.56. The third-order valence-corrected chi connectivity index (χ3v) is 5.02. The lowest BCUT2D eigenvalue weighted by molar-refractivity contribution is -0.460. The fourth-order valence-corrected chi connectivity index (χ4v) is 3.13. The molecule has 2 aromatic heterocycles. The van der Waals surface area contributed by atoms with Crippen molar-refractivity contribution < 1.29 is 71.3 Å². The van der Waals surface area contributed by atoms with E-state index >= 15 is 0 Å². The zero-order chi connectivity index (χ0) is 31.3. The molecule has 0 aliphatic carbocycles. The van der Waals surface area contributed by atoms with Crippen LogP contribution in [0.15, 0.2) is 36.7 Å². The van der Waals surface area contributed by atoms with Crippen LogP contribution >= 0.6 is 0 Å². The molecule has 0 fully saturated rings. The summed E-state index contributed by atoms with van der Waals surface area (Å²) >= 11 is 0. The van der Waals surface area contributed by atoms with Crippen LogP contribution in [0.2, 0.25) is 0 Å². The van der Waals surface area contributed by atoms with Crippen LogP contribution in [-0.4, -0.2) is 56.1 Å². The molecule has 0 aliphatic rings. The summed E-state index contributed by atoms with van der Waals surface area (Å²) in [6.45, 7) is 0. The number of halogens is 13. The Morgan fingerprint density at radius 1 is 0.976 bits per heavy atom. The van der Waals surface area contributed by atoms with Crippen molar-refractivity contribution in [3.05, 3.63) is 47.8 Å². The first-order valence-corrected chi connectivity index (χ1v) is 10.3.